The average molecular weight is 276 g/mol. The zero-order valence-electron chi connectivity index (χ0n) is 13.1. The van der Waals surface area contributed by atoms with E-state index in [4.69, 9.17) is 9.84 Å². The van der Waals surface area contributed by atoms with Crippen LogP contribution in [0.5, 0.6) is 5.88 Å². The molecular formula is C16H24N2O2. The van der Waals surface area contributed by atoms with Gasteiger partial charge < -0.3 is 4.74 Å². The minimum absolute atomic E-state index is 0.000463. The first-order chi connectivity index (χ1) is 9.32. The van der Waals surface area contributed by atoms with Crippen LogP contribution in [0.4, 0.5) is 0 Å². The summed E-state index contributed by atoms with van der Waals surface area (Å²) in [5.74, 6) is 1.67. The Hall–Kier alpha value is -1.32. The van der Waals surface area contributed by atoms with Crippen LogP contribution in [-0.2, 0) is 23.7 Å². The highest BCUT2D eigenvalue weighted by Gasteiger charge is 2.55. The lowest BCUT2D eigenvalue weighted by Gasteiger charge is -2.51. The van der Waals surface area contributed by atoms with Gasteiger partial charge in [0, 0.05) is 29.9 Å². The Kier molecular flexibility index (Phi) is 2.79. The second-order valence-electron chi connectivity index (χ2n) is 7.11. The third-order valence-corrected chi connectivity index (χ3v) is 5.74. The highest BCUT2D eigenvalue weighted by atomic mass is 16.5. The molecule has 0 bridgehead atoms. The Morgan fingerprint density at radius 3 is 2.65 bits per heavy atom. The van der Waals surface area contributed by atoms with Crippen LogP contribution >= 0.6 is 0 Å². The molecule has 0 radical (unpaired) electrons. The smallest absolute Gasteiger partial charge is 0.214 e. The highest BCUT2D eigenvalue weighted by Crippen LogP contribution is 2.56. The van der Waals surface area contributed by atoms with Gasteiger partial charge in [0.2, 0.25) is 5.88 Å². The molecule has 3 rings (SSSR count). The van der Waals surface area contributed by atoms with Gasteiger partial charge in [0.15, 0.2) is 0 Å². The number of ketones is 1. The predicted octanol–water partition coefficient (Wildman–Crippen LogP) is 2.64. The molecule has 0 aromatic carbocycles. The van der Waals surface area contributed by atoms with Crippen molar-refractivity contribution in [2.24, 2.45) is 18.4 Å². The molecule has 4 heteroatoms. The summed E-state index contributed by atoms with van der Waals surface area (Å²) in [4.78, 5) is 12.3. The van der Waals surface area contributed by atoms with E-state index in [2.05, 4.69) is 20.8 Å². The van der Waals surface area contributed by atoms with Gasteiger partial charge in [-0.1, -0.05) is 20.8 Å². The van der Waals surface area contributed by atoms with Crippen LogP contribution in [0.15, 0.2) is 0 Å². The van der Waals surface area contributed by atoms with Crippen molar-refractivity contribution in [3.63, 3.8) is 0 Å². The van der Waals surface area contributed by atoms with E-state index in [0.29, 0.717) is 18.1 Å². The molecule has 2 aliphatic rings. The minimum atomic E-state index is -0.241. The summed E-state index contributed by atoms with van der Waals surface area (Å²) in [6.07, 6.45) is 3.58. The van der Waals surface area contributed by atoms with Crippen LogP contribution in [0.25, 0.3) is 0 Å². The molecule has 20 heavy (non-hydrogen) atoms. The molecule has 2 aliphatic carbocycles. The van der Waals surface area contributed by atoms with E-state index < -0.39 is 0 Å². The zero-order chi connectivity index (χ0) is 14.7. The second kappa shape index (κ2) is 4.09. The molecule has 1 heterocycles. The first-order valence-electron chi connectivity index (χ1n) is 7.46. The Labute approximate surface area is 120 Å². The summed E-state index contributed by atoms with van der Waals surface area (Å²) in [6, 6.07) is 0. The summed E-state index contributed by atoms with van der Waals surface area (Å²) in [7, 11) is 3.65. The number of Topliss-reactive ketones (excluding diaryl/α,β-unsaturated/α-hetero) is 1. The second-order valence-corrected chi connectivity index (χ2v) is 7.11. The van der Waals surface area contributed by atoms with Crippen molar-refractivity contribution in [3.05, 3.63) is 11.3 Å². The van der Waals surface area contributed by atoms with Crippen molar-refractivity contribution >= 4 is 5.78 Å². The maximum absolute atomic E-state index is 12.3. The predicted molar refractivity (Wildman–Crippen MR) is 76.9 cm³/mol. The van der Waals surface area contributed by atoms with Crippen LogP contribution in [0.1, 0.15) is 51.3 Å². The van der Waals surface area contributed by atoms with Crippen LogP contribution in [0, 0.1) is 11.3 Å². The van der Waals surface area contributed by atoms with E-state index in [9.17, 15) is 4.79 Å². The maximum atomic E-state index is 12.3. The Morgan fingerprint density at radius 1 is 1.30 bits per heavy atom. The molecule has 0 amide bonds. The van der Waals surface area contributed by atoms with Gasteiger partial charge in [0.1, 0.15) is 5.78 Å². The third-order valence-electron chi connectivity index (χ3n) is 5.74. The summed E-state index contributed by atoms with van der Waals surface area (Å²) in [6.45, 7) is 6.52. The van der Waals surface area contributed by atoms with E-state index in [1.54, 1.807) is 7.11 Å². The Balaban J connectivity index is 2.14. The molecule has 0 N–H and O–H groups in total. The van der Waals surface area contributed by atoms with Crippen molar-refractivity contribution < 1.29 is 9.53 Å². The summed E-state index contributed by atoms with van der Waals surface area (Å²) in [5.41, 5.74) is 2.17. The molecule has 0 spiro atoms. The first kappa shape index (κ1) is 13.7. The fourth-order valence-corrected chi connectivity index (χ4v) is 4.60. The SMILES string of the molecule is COc1c2c(nn1C)[C@@]1(C)CCC(=O)C(C)(C)[C@@H]1CC2. The number of fused-ring (bicyclic) bond motifs is 3. The fourth-order valence-electron chi connectivity index (χ4n) is 4.60. The molecule has 4 nitrogen and oxygen atoms in total. The highest BCUT2D eigenvalue weighted by molar-refractivity contribution is 5.86. The quantitative estimate of drug-likeness (QED) is 0.792. The number of hydrogen-bond donors (Lipinski definition) is 0. The number of aromatic nitrogens is 2. The van der Waals surface area contributed by atoms with Crippen LogP contribution in [0.2, 0.25) is 0 Å². The first-order valence-corrected chi connectivity index (χ1v) is 7.46. The van der Waals surface area contributed by atoms with Gasteiger partial charge in [-0.3, -0.25) is 4.79 Å². The molecule has 0 saturated heterocycles. The van der Waals surface area contributed by atoms with Gasteiger partial charge >= 0.3 is 0 Å². The van der Waals surface area contributed by atoms with Crippen LogP contribution in [0.3, 0.4) is 0 Å². The number of aryl methyl sites for hydroxylation is 1. The van der Waals surface area contributed by atoms with Gasteiger partial charge in [0.25, 0.3) is 0 Å². The number of ether oxygens (including phenoxy) is 1. The molecule has 110 valence electrons. The van der Waals surface area contributed by atoms with E-state index in [1.165, 1.54) is 5.56 Å². The number of carbonyl (C=O) groups excluding carboxylic acids is 1. The normalized spacial score (nSPS) is 31.6. The van der Waals surface area contributed by atoms with E-state index in [-0.39, 0.29) is 10.8 Å². The van der Waals surface area contributed by atoms with Crippen molar-refractivity contribution in [1.82, 2.24) is 9.78 Å². The molecule has 1 aromatic rings. The molecule has 2 atom stereocenters. The van der Waals surface area contributed by atoms with Crippen molar-refractivity contribution in [1.29, 1.82) is 0 Å². The average Bonchev–Trinajstić information content (AvgIpc) is 2.71. The Bertz CT molecular complexity index is 573. The third kappa shape index (κ3) is 1.54. The minimum Gasteiger partial charge on any atom is -0.481 e. The fraction of sp³-hybridized carbons (Fsp3) is 0.750. The van der Waals surface area contributed by atoms with Gasteiger partial charge in [-0.2, -0.15) is 5.10 Å². The zero-order valence-corrected chi connectivity index (χ0v) is 13.1. The lowest BCUT2D eigenvalue weighted by atomic mass is 9.51. The van der Waals surface area contributed by atoms with Crippen molar-refractivity contribution in [2.75, 3.05) is 7.11 Å². The van der Waals surface area contributed by atoms with Gasteiger partial charge in [-0.25, -0.2) is 4.68 Å². The lowest BCUT2D eigenvalue weighted by molar-refractivity contribution is -0.137. The molecular weight excluding hydrogens is 252 g/mol. The topological polar surface area (TPSA) is 44.1 Å². The van der Waals surface area contributed by atoms with Crippen molar-refractivity contribution in [2.45, 2.75) is 51.9 Å². The van der Waals surface area contributed by atoms with Gasteiger partial charge in [-0.05, 0) is 25.2 Å². The number of nitrogens with zero attached hydrogens (tertiary/aromatic N) is 2. The lowest BCUT2D eigenvalue weighted by Crippen LogP contribution is -2.52. The van der Waals surface area contributed by atoms with Crippen LogP contribution in [-0.4, -0.2) is 22.7 Å². The molecule has 1 saturated carbocycles. The standard InChI is InChI=1S/C16H24N2O2/c1-15(2)11-7-6-10-13(17-18(4)14(10)20-5)16(11,3)9-8-12(15)19/h11H,6-9H2,1-5H3/t11-,16-/m0/s1. The van der Waals surface area contributed by atoms with Crippen LogP contribution < -0.4 is 4.74 Å². The van der Waals surface area contributed by atoms with E-state index in [1.807, 2.05) is 11.7 Å². The number of rotatable bonds is 1. The molecule has 0 unspecified atom stereocenters. The van der Waals surface area contributed by atoms with Gasteiger partial charge in [-0.15, -0.1) is 0 Å². The number of methoxy groups -OCH3 is 1. The molecule has 1 fully saturated rings. The maximum Gasteiger partial charge on any atom is 0.214 e. The number of hydrogen-bond acceptors (Lipinski definition) is 3. The number of carbonyl (C=O) groups is 1. The van der Waals surface area contributed by atoms with E-state index in [0.717, 1.165) is 30.8 Å². The van der Waals surface area contributed by atoms with Crippen molar-refractivity contribution in [3.8, 4) is 5.88 Å². The van der Waals surface area contributed by atoms with Gasteiger partial charge in [0.05, 0.1) is 12.8 Å². The molecule has 0 aliphatic heterocycles. The summed E-state index contributed by atoms with van der Waals surface area (Å²) in [5, 5.41) is 4.75. The van der Waals surface area contributed by atoms with E-state index >= 15 is 0 Å². The molecule has 1 aromatic heterocycles. The summed E-state index contributed by atoms with van der Waals surface area (Å²) >= 11 is 0. The monoisotopic (exact) mass is 276 g/mol. The summed E-state index contributed by atoms with van der Waals surface area (Å²) < 4.78 is 7.36. The Morgan fingerprint density at radius 2 is 2.00 bits per heavy atom. The largest absolute Gasteiger partial charge is 0.481 e.